The molecule has 8 heteroatoms. The molecule has 4 N–H and O–H groups in total. The fourth-order valence-electron chi connectivity index (χ4n) is 1.99. The van der Waals surface area contributed by atoms with Crippen LogP contribution in [0, 0.1) is 0 Å². The monoisotopic (exact) mass is 310 g/mol. The lowest BCUT2D eigenvalue weighted by atomic mass is 10.2. The van der Waals surface area contributed by atoms with Gasteiger partial charge in [0.1, 0.15) is 12.1 Å². The molecule has 0 bridgehead atoms. The van der Waals surface area contributed by atoms with Gasteiger partial charge in [0.2, 0.25) is 5.78 Å². The number of hydrogen-bond donors (Lipinski definition) is 3. The topological polar surface area (TPSA) is 123 Å². The van der Waals surface area contributed by atoms with Gasteiger partial charge in [-0.05, 0) is 17.7 Å². The van der Waals surface area contributed by atoms with Gasteiger partial charge < -0.3 is 10.8 Å². The Bertz CT molecular complexity index is 833. The first kappa shape index (κ1) is 14.5. The summed E-state index contributed by atoms with van der Waals surface area (Å²) in [5.41, 5.74) is 7.80. The highest BCUT2D eigenvalue weighted by molar-refractivity contribution is 6.05. The molecule has 116 valence electrons. The van der Waals surface area contributed by atoms with Crippen molar-refractivity contribution in [3.05, 3.63) is 66.0 Å². The third kappa shape index (κ3) is 3.43. The number of aromatic nitrogens is 5. The van der Waals surface area contributed by atoms with Crippen LogP contribution >= 0.6 is 0 Å². The lowest BCUT2D eigenvalue weighted by Gasteiger charge is -2.02. The number of anilines is 1. The third-order valence-electron chi connectivity index (χ3n) is 3.17. The first-order valence-electron chi connectivity index (χ1n) is 6.79. The highest BCUT2D eigenvalue weighted by atomic mass is 16.3. The van der Waals surface area contributed by atoms with Gasteiger partial charge in [-0.25, -0.2) is 4.98 Å². The van der Waals surface area contributed by atoms with Crippen molar-refractivity contribution in [1.29, 1.82) is 0 Å². The van der Waals surface area contributed by atoms with Gasteiger partial charge in [-0.3, -0.25) is 14.6 Å². The number of nitrogen functional groups attached to an aromatic ring is 1. The molecule has 23 heavy (non-hydrogen) atoms. The normalized spacial score (nSPS) is 11.6. The van der Waals surface area contributed by atoms with Crippen LogP contribution in [0.1, 0.15) is 21.7 Å². The van der Waals surface area contributed by atoms with Crippen LogP contribution < -0.4 is 5.73 Å². The number of nitrogens with one attached hydrogen (secondary N) is 1. The molecule has 0 unspecified atom stereocenters. The van der Waals surface area contributed by atoms with Crippen molar-refractivity contribution in [1.82, 2.24) is 25.0 Å². The number of carbonyl (C=O) groups is 1. The number of benzene rings is 1. The zero-order valence-corrected chi connectivity index (χ0v) is 12.0. The van der Waals surface area contributed by atoms with E-state index in [0.717, 1.165) is 11.6 Å². The largest absolute Gasteiger partial charge is 0.507 e. The molecule has 8 nitrogen and oxygen atoms in total. The van der Waals surface area contributed by atoms with Gasteiger partial charge in [0.25, 0.3) is 0 Å². The summed E-state index contributed by atoms with van der Waals surface area (Å²) >= 11 is 0. The molecule has 0 fully saturated rings. The minimum absolute atomic E-state index is 0.0609. The number of carbonyl (C=O) groups excluding carboxylic acids is 1. The smallest absolute Gasteiger partial charge is 0.226 e. The second-order valence-corrected chi connectivity index (χ2v) is 4.90. The maximum Gasteiger partial charge on any atom is 0.226 e. The quantitative estimate of drug-likeness (QED) is 0.283. The van der Waals surface area contributed by atoms with Crippen molar-refractivity contribution in [2.24, 2.45) is 0 Å². The summed E-state index contributed by atoms with van der Waals surface area (Å²) in [6, 6.07) is 7.43. The fourth-order valence-corrected chi connectivity index (χ4v) is 1.99. The van der Waals surface area contributed by atoms with E-state index in [4.69, 9.17) is 5.73 Å². The molecule has 2 aromatic heterocycles. The second-order valence-electron chi connectivity index (χ2n) is 4.90. The average molecular weight is 310 g/mol. The number of hydrogen-bond acceptors (Lipinski definition) is 6. The number of nitrogens with zero attached hydrogens (tertiary/aromatic N) is 4. The van der Waals surface area contributed by atoms with E-state index in [2.05, 4.69) is 20.3 Å². The van der Waals surface area contributed by atoms with Crippen molar-refractivity contribution in [2.45, 2.75) is 6.54 Å². The molecular weight excluding hydrogens is 296 g/mol. The summed E-state index contributed by atoms with van der Waals surface area (Å²) < 4.78 is 1.66. The summed E-state index contributed by atoms with van der Waals surface area (Å²) in [5, 5.41) is 20.2. The van der Waals surface area contributed by atoms with E-state index in [9.17, 15) is 9.90 Å². The summed E-state index contributed by atoms with van der Waals surface area (Å²) in [5.74, 6) is -0.591. The number of aliphatic hydroxyl groups is 1. The number of H-pyrrole nitrogens is 1. The molecule has 0 atom stereocenters. The van der Waals surface area contributed by atoms with Crippen LogP contribution in [0.4, 0.5) is 5.69 Å². The third-order valence-corrected chi connectivity index (χ3v) is 3.17. The van der Waals surface area contributed by atoms with Crippen molar-refractivity contribution in [3.8, 4) is 0 Å². The average Bonchev–Trinajstić information content (AvgIpc) is 3.21. The molecule has 0 radical (unpaired) electrons. The Morgan fingerprint density at radius 2 is 2.13 bits per heavy atom. The van der Waals surface area contributed by atoms with Crippen LogP contribution in [0.2, 0.25) is 0 Å². The molecule has 0 amide bonds. The molecule has 0 spiro atoms. The first-order valence-corrected chi connectivity index (χ1v) is 6.79. The van der Waals surface area contributed by atoms with Gasteiger partial charge in [-0.1, -0.05) is 12.1 Å². The van der Waals surface area contributed by atoms with Crippen LogP contribution in [0.3, 0.4) is 0 Å². The number of nitrogens with two attached hydrogens (primary N) is 1. The zero-order valence-electron chi connectivity index (χ0n) is 12.0. The maximum atomic E-state index is 11.8. The molecule has 0 saturated heterocycles. The molecule has 0 aliphatic heterocycles. The van der Waals surface area contributed by atoms with Gasteiger partial charge in [-0.2, -0.15) is 10.2 Å². The van der Waals surface area contributed by atoms with Crippen LogP contribution in [0.5, 0.6) is 0 Å². The van der Waals surface area contributed by atoms with Crippen molar-refractivity contribution < 1.29 is 9.90 Å². The van der Waals surface area contributed by atoms with Crippen LogP contribution in [0.15, 0.2) is 49.1 Å². The van der Waals surface area contributed by atoms with Gasteiger partial charge >= 0.3 is 0 Å². The Kier molecular flexibility index (Phi) is 3.88. The molecular formula is C15H14N6O2. The lowest BCUT2D eigenvalue weighted by Crippen LogP contribution is -2.00. The van der Waals surface area contributed by atoms with Crippen molar-refractivity contribution in [2.75, 3.05) is 5.73 Å². The van der Waals surface area contributed by atoms with Crippen molar-refractivity contribution >= 4 is 17.2 Å². The molecule has 3 rings (SSSR count). The Morgan fingerprint density at radius 3 is 2.83 bits per heavy atom. The predicted molar refractivity (Wildman–Crippen MR) is 83.5 cm³/mol. The van der Waals surface area contributed by atoms with Gasteiger partial charge in [0.15, 0.2) is 5.82 Å². The standard InChI is InChI=1S/C15H14N6O2/c16-12-3-1-10(2-4-12)7-21-8-11(6-19-21)13(22)5-14(23)15-17-9-18-20-15/h1-6,8-9,22H,7,16H2,(H,17,18,20). The van der Waals surface area contributed by atoms with E-state index >= 15 is 0 Å². The number of rotatable bonds is 5. The van der Waals surface area contributed by atoms with Crippen LogP contribution in [-0.2, 0) is 6.54 Å². The molecule has 0 aliphatic rings. The lowest BCUT2D eigenvalue weighted by molar-refractivity contribution is 0.103. The predicted octanol–water partition coefficient (Wildman–Crippen LogP) is 1.41. The van der Waals surface area contributed by atoms with E-state index < -0.39 is 5.78 Å². The number of ketones is 1. The van der Waals surface area contributed by atoms with Crippen molar-refractivity contribution in [3.63, 3.8) is 0 Å². The first-order chi connectivity index (χ1) is 11.1. The summed E-state index contributed by atoms with van der Waals surface area (Å²) in [4.78, 5) is 15.5. The molecule has 2 heterocycles. The highest BCUT2D eigenvalue weighted by Gasteiger charge is 2.10. The van der Waals surface area contributed by atoms with E-state index in [1.165, 1.54) is 12.5 Å². The Hall–Kier alpha value is -3.42. The molecule has 3 aromatic rings. The van der Waals surface area contributed by atoms with E-state index in [0.29, 0.717) is 17.8 Å². The van der Waals surface area contributed by atoms with E-state index in [1.54, 1.807) is 10.9 Å². The SMILES string of the molecule is Nc1ccc(Cn2cc(C(O)=CC(=O)c3ncn[nH]3)cn2)cc1. The second kappa shape index (κ2) is 6.14. The van der Waals surface area contributed by atoms with Gasteiger partial charge in [-0.15, -0.1) is 0 Å². The maximum absolute atomic E-state index is 11.8. The summed E-state index contributed by atoms with van der Waals surface area (Å²) in [6.07, 6.45) is 5.43. The minimum Gasteiger partial charge on any atom is -0.507 e. The highest BCUT2D eigenvalue weighted by Crippen LogP contribution is 2.13. The minimum atomic E-state index is -0.466. The zero-order chi connectivity index (χ0) is 16.2. The Morgan fingerprint density at radius 1 is 1.35 bits per heavy atom. The van der Waals surface area contributed by atoms with E-state index in [1.807, 2.05) is 24.3 Å². The number of aromatic amines is 1. The molecule has 0 saturated carbocycles. The summed E-state index contributed by atoms with van der Waals surface area (Å²) in [6.45, 7) is 0.531. The molecule has 0 aliphatic carbocycles. The Labute approximate surface area is 131 Å². The van der Waals surface area contributed by atoms with E-state index in [-0.39, 0.29) is 11.6 Å². The molecule has 1 aromatic carbocycles. The number of allylic oxidation sites excluding steroid dienone is 1. The number of aliphatic hydroxyl groups excluding tert-OH is 1. The van der Waals surface area contributed by atoms with Gasteiger partial charge in [0.05, 0.1) is 18.3 Å². The summed E-state index contributed by atoms with van der Waals surface area (Å²) in [7, 11) is 0. The Balaban J connectivity index is 1.73. The van der Waals surface area contributed by atoms with Crippen LogP contribution in [0.25, 0.3) is 5.76 Å². The van der Waals surface area contributed by atoms with Crippen LogP contribution in [-0.4, -0.2) is 35.9 Å². The fraction of sp³-hybridized carbons (Fsp3) is 0.0667. The van der Waals surface area contributed by atoms with Gasteiger partial charge in [0, 0.05) is 18.0 Å².